The summed E-state index contributed by atoms with van der Waals surface area (Å²) in [6.07, 6.45) is 0. The van der Waals surface area contributed by atoms with E-state index < -0.39 is 5.97 Å². The summed E-state index contributed by atoms with van der Waals surface area (Å²) in [7, 11) is 1.31. The molecular weight excluding hydrogens is 216 g/mol. The average Bonchev–Trinajstić information content (AvgIpc) is 2.33. The quantitative estimate of drug-likeness (QED) is 0.471. The SMILES string of the molecule is CC.COC(=O)c1cc(C)cc(C(C)=N)c1N. The second kappa shape index (κ2) is 6.68. The zero-order valence-electron chi connectivity index (χ0n) is 11.0. The molecule has 1 aromatic carbocycles. The van der Waals surface area contributed by atoms with E-state index in [1.807, 2.05) is 20.8 Å². The van der Waals surface area contributed by atoms with E-state index in [1.165, 1.54) is 7.11 Å². The fourth-order valence-corrected chi connectivity index (χ4v) is 1.39. The number of nitrogens with one attached hydrogen (secondary N) is 1. The summed E-state index contributed by atoms with van der Waals surface area (Å²) < 4.78 is 4.62. The van der Waals surface area contributed by atoms with Crippen molar-refractivity contribution >= 4 is 17.4 Å². The smallest absolute Gasteiger partial charge is 0.339 e. The molecular formula is C13H20N2O2. The zero-order chi connectivity index (χ0) is 13.6. The largest absolute Gasteiger partial charge is 0.465 e. The highest BCUT2D eigenvalue weighted by Crippen LogP contribution is 2.21. The Morgan fingerprint density at radius 3 is 2.18 bits per heavy atom. The molecule has 0 saturated heterocycles. The summed E-state index contributed by atoms with van der Waals surface area (Å²) in [4.78, 5) is 11.4. The van der Waals surface area contributed by atoms with Crippen LogP contribution in [-0.2, 0) is 4.74 Å². The van der Waals surface area contributed by atoms with Gasteiger partial charge in [-0.05, 0) is 31.5 Å². The number of aryl methyl sites for hydroxylation is 1. The number of rotatable bonds is 2. The maximum absolute atomic E-state index is 11.4. The van der Waals surface area contributed by atoms with Crippen molar-refractivity contribution < 1.29 is 9.53 Å². The van der Waals surface area contributed by atoms with Gasteiger partial charge in [-0.3, -0.25) is 0 Å². The van der Waals surface area contributed by atoms with Crippen LogP contribution in [0.3, 0.4) is 0 Å². The van der Waals surface area contributed by atoms with Crippen molar-refractivity contribution in [1.82, 2.24) is 0 Å². The first-order valence-corrected chi connectivity index (χ1v) is 5.51. The number of benzene rings is 1. The fraction of sp³-hybridized carbons (Fsp3) is 0.385. The number of hydrogen-bond acceptors (Lipinski definition) is 4. The molecule has 0 radical (unpaired) electrons. The van der Waals surface area contributed by atoms with Crippen LogP contribution in [0.15, 0.2) is 12.1 Å². The lowest BCUT2D eigenvalue weighted by Crippen LogP contribution is -2.10. The fourth-order valence-electron chi connectivity index (χ4n) is 1.39. The van der Waals surface area contributed by atoms with Gasteiger partial charge in [0.1, 0.15) is 0 Å². The van der Waals surface area contributed by atoms with Crippen molar-refractivity contribution in [3.05, 3.63) is 28.8 Å². The van der Waals surface area contributed by atoms with E-state index in [0.717, 1.165) is 5.56 Å². The van der Waals surface area contributed by atoms with Crippen molar-refractivity contribution in [2.45, 2.75) is 27.7 Å². The minimum Gasteiger partial charge on any atom is -0.465 e. The molecule has 0 aliphatic rings. The maximum atomic E-state index is 11.4. The van der Waals surface area contributed by atoms with Gasteiger partial charge in [0.05, 0.1) is 18.4 Å². The Labute approximate surface area is 102 Å². The molecule has 3 N–H and O–H groups in total. The third-order valence-electron chi connectivity index (χ3n) is 2.13. The lowest BCUT2D eigenvalue weighted by atomic mass is 10.0. The number of ether oxygens (including phenoxy) is 1. The molecule has 0 heterocycles. The molecule has 0 aromatic heterocycles. The Morgan fingerprint density at radius 2 is 1.76 bits per heavy atom. The second-order valence-electron chi connectivity index (χ2n) is 3.39. The molecule has 0 spiro atoms. The lowest BCUT2D eigenvalue weighted by molar-refractivity contribution is 0.0602. The summed E-state index contributed by atoms with van der Waals surface area (Å²) in [5, 5.41) is 7.54. The van der Waals surface area contributed by atoms with Gasteiger partial charge in [-0.25, -0.2) is 4.79 Å². The number of hydrogen-bond donors (Lipinski definition) is 2. The first-order valence-electron chi connectivity index (χ1n) is 5.51. The Balaban J connectivity index is 0.00000121. The van der Waals surface area contributed by atoms with Crippen LogP contribution in [-0.4, -0.2) is 18.8 Å². The van der Waals surface area contributed by atoms with E-state index >= 15 is 0 Å². The average molecular weight is 236 g/mol. The van der Waals surface area contributed by atoms with Gasteiger partial charge in [0.25, 0.3) is 0 Å². The third-order valence-corrected chi connectivity index (χ3v) is 2.13. The number of nitrogen functional groups attached to an aromatic ring is 1. The first kappa shape index (κ1) is 15.2. The summed E-state index contributed by atoms with van der Waals surface area (Å²) in [6.45, 7) is 7.48. The van der Waals surface area contributed by atoms with Crippen LogP contribution in [0.25, 0.3) is 0 Å². The second-order valence-corrected chi connectivity index (χ2v) is 3.39. The summed E-state index contributed by atoms with van der Waals surface area (Å²) in [5.41, 5.74) is 8.21. The van der Waals surface area contributed by atoms with Crippen molar-refractivity contribution in [3.8, 4) is 0 Å². The minimum atomic E-state index is -0.473. The van der Waals surface area contributed by atoms with Crippen LogP contribution in [0.2, 0.25) is 0 Å². The van der Waals surface area contributed by atoms with E-state index in [2.05, 4.69) is 4.74 Å². The summed E-state index contributed by atoms with van der Waals surface area (Å²) >= 11 is 0. The first-order chi connectivity index (χ1) is 7.97. The van der Waals surface area contributed by atoms with E-state index in [4.69, 9.17) is 11.1 Å². The van der Waals surface area contributed by atoms with Crippen LogP contribution in [0.1, 0.15) is 42.3 Å². The standard InChI is InChI=1S/C11H14N2O2.C2H6/c1-6-4-8(7(2)12)10(13)9(5-6)11(14)15-3;1-2/h4-5,12H,13H2,1-3H3;1-2H3. The molecule has 4 nitrogen and oxygen atoms in total. The topological polar surface area (TPSA) is 76.2 Å². The van der Waals surface area contributed by atoms with Crippen LogP contribution >= 0.6 is 0 Å². The Morgan fingerprint density at radius 1 is 1.29 bits per heavy atom. The van der Waals surface area contributed by atoms with Crippen LogP contribution < -0.4 is 5.73 Å². The van der Waals surface area contributed by atoms with Crippen molar-refractivity contribution in [2.24, 2.45) is 0 Å². The van der Waals surface area contributed by atoms with Crippen molar-refractivity contribution in [3.63, 3.8) is 0 Å². The molecule has 0 aliphatic heterocycles. The van der Waals surface area contributed by atoms with Crippen molar-refractivity contribution in [2.75, 3.05) is 12.8 Å². The highest BCUT2D eigenvalue weighted by atomic mass is 16.5. The monoisotopic (exact) mass is 236 g/mol. The van der Waals surface area contributed by atoms with E-state index in [1.54, 1.807) is 19.1 Å². The van der Waals surface area contributed by atoms with Gasteiger partial charge in [0, 0.05) is 11.3 Å². The van der Waals surface area contributed by atoms with Gasteiger partial charge in [0.2, 0.25) is 0 Å². The molecule has 94 valence electrons. The molecule has 1 rings (SSSR count). The van der Waals surface area contributed by atoms with Gasteiger partial charge in [-0.2, -0.15) is 0 Å². The number of methoxy groups -OCH3 is 1. The molecule has 17 heavy (non-hydrogen) atoms. The molecule has 0 unspecified atom stereocenters. The summed E-state index contributed by atoms with van der Waals surface area (Å²) in [6, 6.07) is 3.44. The number of anilines is 1. The van der Waals surface area contributed by atoms with E-state index in [0.29, 0.717) is 22.5 Å². The molecule has 0 saturated carbocycles. The molecule has 4 heteroatoms. The number of carbonyl (C=O) groups is 1. The molecule has 0 aliphatic carbocycles. The number of nitrogens with two attached hydrogens (primary N) is 1. The molecule has 0 atom stereocenters. The van der Waals surface area contributed by atoms with Gasteiger partial charge >= 0.3 is 5.97 Å². The Kier molecular flexibility index (Phi) is 5.96. The van der Waals surface area contributed by atoms with Crippen LogP contribution in [0.4, 0.5) is 5.69 Å². The highest BCUT2D eigenvalue weighted by molar-refractivity contribution is 6.06. The minimum absolute atomic E-state index is 0.306. The molecule has 1 aromatic rings. The number of carbonyl (C=O) groups excluding carboxylic acids is 1. The van der Waals surface area contributed by atoms with Gasteiger partial charge in [0.15, 0.2) is 0 Å². The third kappa shape index (κ3) is 3.59. The van der Waals surface area contributed by atoms with E-state index in [-0.39, 0.29) is 0 Å². The normalized spacial score (nSPS) is 9.00. The van der Waals surface area contributed by atoms with Gasteiger partial charge in [-0.1, -0.05) is 13.8 Å². The highest BCUT2D eigenvalue weighted by Gasteiger charge is 2.14. The molecule has 0 fully saturated rings. The van der Waals surface area contributed by atoms with Crippen molar-refractivity contribution in [1.29, 1.82) is 5.41 Å². The van der Waals surface area contributed by atoms with E-state index in [9.17, 15) is 4.79 Å². The lowest BCUT2D eigenvalue weighted by Gasteiger charge is -2.10. The predicted octanol–water partition coefficient (Wildman–Crippen LogP) is 2.78. The predicted molar refractivity (Wildman–Crippen MR) is 70.8 cm³/mol. The molecule has 0 bridgehead atoms. The molecule has 0 amide bonds. The Hall–Kier alpha value is -1.84. The number of esters is 1. The van der Waals surface area contributed by atoms with Gasteiger partial charge in [-0.15, -0.1) is 0 Å². The van der Waals surface area contributed by atoms with Crippen LogP contribution in [0, 0.1) is 12.3 Å². The summed E-state index contributed by atoms with van der Waals surface area (Å²) in [5.74, 6) is -0.473. The van der Waals surface area contributed by atoms with Crippen LogP contribution in [0.5, 0.6) is 0 Å². The zero-order valence-corrected chi connectivity index (χ0v) is 11.0. The maximum Gasteiger partial charge on any atom is 0.339 e. The Bertz CT molecular complexity index is 426. The van der Waals surface area contributed by atoms with Gasteiger partial charge < -0.3 is 15.9 Å².